The van der Waals surface area contributed by atoms with E-state index in [9.17, 15) is 0 Å². The van der Waals surface area contributed by atoms with Gasteiger partial charge in [-0.2, -0.15) is 0 Å². The van der Waals surface area contributed by atoms with Gasteiger partial charge in [-0.25, -0.2) is 0 Å². The van der Waals surface area contributed by atoms with Crippen molar-refractivity contribution in [2.24, 2.45) is 10.4 Å². The summed E-state index contributed by atoms with van der Waals surface area (Å²) in [5.41, 5.74) is 22.9. The molecule has 0 fully saturated rings. The fourth-order valence-corrected chi connectivity index (χ4v) is 3.00. The fraction of sp³-hybridized carbons (Fsp3) is 0.500. The van der Waals surface area contributed by atoms with Crippen LogP contribution in [0.1, 0.15) is 44.2 Å². The Bertz CT molecular complexity index is 512. The summed E-state index contributed by atoms with van der Waals surface area (Å²) in [5.74, 6) is 0.399. The molecule has 6 N–H and O–H groups in total. The van der Waals surface area contributed by atoms with Crippen LogP contribution in [0, 0.1) is 5.41 Å². The highest BCUT2D eigenvalue weighted by Crippen LogP contribution is 2.53. The number of fused-ring (bicyclic) bond motifs is 1. The number of benzene rings is 1. The Hall–Kier alpha value is -1.71. The van der Waals surface area contributed by atoms with Crippen molar-refractivity contribution in [3.8, 4) is 0 Å². The van der Waals surface area contributed by atoms with Crippen LogP contribution < -0.4 is 17.2 Å². The van der Waals surface area contributed by atoms with Crippen molar-refractivity contribution in [1.82, 2.24) is 0 Å². The highest BCUT2D eigenvalue weighted by Gasteiger charge is 2.36. The van der Waals surface area contributed by atoms with E-state index < -0.39 is 0 Å². The molecule has 4 nitrogen and oxygen atoms in total. The Balaban J connectivity index is 2.74. The van der Waals surface area contributed by atoms with Crippen LogP contribution in [0.25, 0.3) is 0 Å². The molecule has 1 aliphatic rings. The van der Waals surface area contributed by atoms with Gasteiger partial charge in [0.05, 0.1) is 22.7 Å². The number of anilines is 3. The molecule has 0 aromatic heterocycles. The van der Waals surface area contributed by atoms with E-state index in [1.54, 1.807) is 0 Å². The Morgan fingerprint density at radius 1 is 1.11 bits per heavy atom. The van der Waals surface area contributed by atoms with Crippen molar-refractivity contribution in [3.05, 3.63) is 11.1 Å². The summed E-state index contributed by atoms with van der Waals surface area (Å²) < 4.78 is 0. The van der Waals surface area contributed by atoms with Crippen LogP contribution in [-0.4, -0.2) is 6.72 Å². The summed E-state index contributed by atoms with van der Waals surface area (Å²) in [7, 11) is 0. The quantitative estimate of drug-likeness (QED) is 0.525. The van der Waals surface area contributed by atoms with Gasteiger partial charge in [0.2, 0.25) is 0 Å². The van der Waals surface area contributed by atoms with Gasteiger partial charge in [0.15, 0.2) is 0 Å². The van der Waals surface area contributed by atoms with E-state index in [-0.39, 0.29) is 5.41 Å². The monoisotopic (exact) mass is 246 g/mol. The van der Waals surface area contributed by atoms with Gasteiger partial charge < -0.3 is 17.2 Å². The second-order valence-corrected chi connectivity index (χ2v) is 6.10. The molecule has 1 atom stereocenters. The Morgan fingerprint density at radius 3 is 2.22 bits per heavy atom. The highest BCUT2D eigenvalue weighted by molar-refractivity contribution is 5.92. The van der Waals surface area contributed by atoms with Crippen LogP contribution in [0.4, 0.5) is 22.7 Å². The molecule has 0 amide bonds. The molecule has 1 aromatic carbocycles. The van der Waals surface area contributed by atoms with Crippen molar-refractivity contribution < 1.29 is 0 Å². The zero-order valence-corrected chi connectivity index (χ0v) is 11.4. The van der Waals surface area contributed by atoms with E-state index in [1.165, 1.54) is 0 Å². The van der Waals surface area contributed by atoms with Crippen LogP contribution in [0.3, 0.4) is 0 Å². The van der Waals surface area contributed by atoms with Crippen molar-refractivity contribution in [2.45, 2.75) is 39.5 Å². The average Bonchev–Trinajstić information content (AvgIpc) is 2.71. The first-order chi connectivity index (χ1) is 8.29. The van der Waals surface area contributed by atoms with E-state index in [0.717, 1.165) is 29.7 Å². The van der Waals surface area contributed by atoms with Crippen molar-refractivity contribution in [3.63, 3.8) is 0 Å². The van der Waals surface area contributed by atoms with E-state index in [1.807, 2.05) is 0 Å². The first kappa shape index (κ1) is 12.7. The molecular formula is C14H22N4. The number of hydrogen-bond donors (Lipinski definition) is 3. The molecule has 0 saturated heterocycles. The maximum absolute atomic E-state index is 6.18. The first-order valence-corrected chi connectivity index (χ1v) is 6.25. The van der Waals surface area contributed by atoms with Gasteiger partial charge in [-0.1, -0.05) is 20.8 Å². The third-order valence-corrected chi connectivity index (χ3v) is 3.97. The van der Waals surface area contributed by atoms with Gasteiger partial charge in [-0.15, -0.1) is 0 Å². The molecule has 1 aromatic rings. The number of hydrogen-bond acceptors (Lipinski definition) is 4. The average molecular weight is 246 g/mol. The van der Waals surface area contributed by atoms with Crippen molar-refractivity contribution in [2.75, 3.05) is 17.2 Å². The smallest absolute Gasteiger partial charge is 0.0909 e. The van der Waals surface area contributed by atoms with Crippen LogP contribution >= 0.6 is 0 Å². The molecule has 18 heavy (non-hydrogen) atoms. The summed E-state index contributed by atoms with van der Waals surface area (Å²) in [6.45, 7) is 10.3. The summed E-state index contributed by atoms with van der Waals surface area (Å²) in [5, 5.41) is 0. The maximum Gasteiger partial charge on any atom is 0.0909 e. The van der Waals surface area contributed by atoms with Gasteiger partial charge in [-0.05, 0) is 42.0 Å². The molecule has 0 bridgehead atoms. The van der Waals surface area contributed by atoms with E-state index in [0.29, 0.717) is 23.0 Å². The topological polar surface area (TPSA) is 90.4 Å². The van der Waals surface area contributed by atoms with Crippen LogP contribution in [0.15, 0.2) is 4.99 Å². The summed E-state index contributed by atoms with van der Waals surface area (Å²) in [6, 6.07) is 0. The van der Waals surface area contributed by atoms with Crippen molar-refractivity contribution in [1.29, 1.82) is 0 Å². The van der Waals surface area contributed by atoms with Gasteiger partial charge >= 0.3 is 0 Å². The molecule has 0 saturated carbocycles. The van der Waals surface area contributed by atoms with Crippen LogP contribution in [0.5, 0.6) is 0 Å². The molecule has 4 heteroatoms. The fourth-order valence-electron chi connectivity index (χ4n) is 3.00. The summed E-state index contributed by atoms with van der Waals surface area (Å²) in [4.78, 5) is 4.05. The first-order valence-electron chi connectivity index (χ1n) is 6.25. The third kappa shape index (κ3) is 1.64. The molecule has 0 heterocycles. The molecule has 0 radical (unpaired) electrons. The van der Waals surface area contributed by atoms with E-state index in [2.05, 4.69) is 32.5 Å². The zero-order chi connectivity index (χ0) is 13.7. The lowest BCUT2D eigenvalue weighted by atomic mass is 9.76. The lowest BCUT2D eigenvalue weighted by Gasteiger charge is -2.29. The minimum Gasteiger partial charge on any atom is -0.397 e. The summed E-state index contributed by atoms with van der Waals surface area (Å²) in [6.07, 6.45) is 2.01. The standard InChI is InChI=1S/C14H22N4/c1-14(2,3)8-6-5-7-9(8)10(15)11(16)12(17)13(7)18-4/h8H,4-6,15-17H2,1-3H3. The van der Waals surface area contributed by atoms with Crippen LogP contribution in [-0.2, 0) is 6.42 Å². The molecular weight excluding hydrogens is 224 g/mol. The largest absolute Gasteiger partial charge is 0.397 e. The number of nitrogens with zero attached hydrogens (tertiary/aromatic N) is 1. The second kappa shape index (κ2) is 3.90. The Labute approximate surface area is 108 Å². The Kier molecular flexibility index (Phi) is 2.76. The molecule has 1 unspecified atom stereocenters. The van der Waals surface area contributed by atoms with Gasteiger partial charge in [-0.3, -0.25) is 4.99 Å². The predicted molar refractivity (Wildman–Crippen MR) is 79.4 cm³/mol. The maximum atomic E-state index is 6.18. The minimum absolute atomic E-state index is 0.153. The molecule has 2 rings (SSSR count). The molecule has 1 aliphatic carbocycles. The SMILES string of the molecule is C=Nc1c(N)c(N)c(N)c2c1CCC2C(C)(C)C. The van der Waals surface area contributed by atoms with E-state index >= 15 is 0 Å². The van der Waals surface area contributed by atoms with Crippen molar-refractivity contribution >= 4 is 29.5 Å². The Morgan fingerprint density at radius 2 is 1.72 bits per heavy atom. The minimum atomic E-state index is 0.153. The normalized spacial score (nSPS) is 18.7. The zero-order valence-electron chi connectivity index (χ0n) is 11.4. The van der Waals surface area contributed by atoms with Crippen LogP contribution in [0.2, 0.25) is 0 Å². The lowest BCUT2D eigenvalue weighted by Crippen LogP contribution is -2.18. The number of nitrogen functional groups attached to an aromatic ring is 3. The van der Waals surface area contributed by atoms with Gasteiger partial charge in [0, 0.05) is 0 Å². The second-order valence-electron chi connectivity index (χ2n) is 6.10. The molecule has 98 valence electrons. The third-order valence-electron chi connectivity index (χ3n) is 3.97. The van der Waals surface area contributed by atoms with Gasteiger partial charge in [0.25, 0.3) is 0 Å². The highest BCUT2D eigenvalue weighted by atomic mass is 14.8. The van der Waals surface area contributed by atoms with E-state index in [4.69, 9.17) is 17.2 Å². The molecule has 0 spiro atoms. The number of nitrogens with two attached hydrogens (primary N) is 3. The molecule has 0 aliphatic heterocycles. The number of aliphatic imine (C=N–C) groups is 1. The number of rotatable bonds is 1. The summed E-state index contributed by atoms with van der Waals surface area (Å²) >= 11 is 0. The predicted octanol–water partition coefficient (Wildman–Crippen LogP) is 2.84. The lowest BCUT2D eigenvalue weighted by molar-refractivity contribution is 0.320. The van der Waals surface area contributed by atoms with Gasteiger partial charge in [0.1, 0.15) is 0 Å².